The van der Waals surface area contributed by atoms with Crippen LogP contribution in [0.2, 0.25) is 0 Å². The van der Waals surface area contributed by atoms with Crippen molar-refractivity contribution in [3.8, 4) is 0 Å². The summed E-state index contributed by atoms with van der Waals surface area (Å²) in [6, 6.07) is 0.857. The number of nitrogens with two attached hydrogens (primary N) is 1. The van der Waals surface area contributed by atoms with Crippen molar-refractivity contribution in [3.05, 3.63) is 0 Å². The minimum atomic E-state index is 0.857. The second kappa shape index (κ2) is 4.67. The van der Waals surface area contributed by atoms with Crippen molar-refractivity contribution in [2.45, 2.75) is 25.3 Å². The SMILES string of the molecule is NCCC1CCCN2CCSCC12. The Balaban J connectivity index is 1.94. The van der Waals surface area contributed by atoms with Gasteiger partial charge in [-0.15, -0.1) is 0 Å². The van der Waals surface area contributed by atoms with Crippen LogP contribution < -0.4 is 5.73 Å². The highest BCUT2D eigenvalue weighted by Gasteiger charge is 2.32. The summed E-state index contributed by atoms with van der Waals surface area (Å²) in [6.07, 6.45) is 4.05. The van der Waals surface area contributed by atoms with E-state index >= 15 is 0 Å². The zero-order valence-corrected chi connectivity index (χ0v) is 9.06. The summed E-state index contributed by atoms with van der Waals surface area (Å²) in [4.78, 5) is 2.69. The monoisotopic (exact) mass is 200 g/mol. The third-order valence-electron chi connectivity index (χ3n) is 3.38. The highest BCUT2D eigenvalue weighted by Crippen LogP contribution is 2.31. The number of hydrogen-bond donors (Lipinski definition) is 1. The molecule has 2 aliphatic rings. The third kappa shape index (κ3) is 2.20. The van der Waals surface area contributed by atoms with Gasteiger partial charge in [0.05, 0.1) is 0 Å². The first-order chi connectivity index (χ1) is 6.42. The predicted octanol–water partition coefficient (Wildman–Crippen LogP) is 1.16. The molecule has 0 saturated carbocycles. The Hall–Kier alpha value is 0.270. The molecule has 0 aromatic carbocycles. The Labute approximate surface area is 85.2 Å². The van der Waals surface area contributed by atoms with Gasteiger partial charge >= 0.3 is 0 Å². The number of nitrogens with zero attached hydrogens (tertiary/aromatic N) is 1. The van der Waals surface area contributed by atoms with Crippen LogP contribution in [0.15, 0.2) is 0 Å². The molecule has 2 nitrogen and oxygen atoms in total. The van der Waals surface area contributed by atoms with Crippen LogP contribution in [0.1, 0.15) is 19.3 Å². The van der Waals surface area contributed by atoms with E-state index in [1.807, 2.05) is 0 Å². The third-order valence-corrected chi connectivity index (χ3v) is 4.43. The van der Waals surface area contributed by atoms with Crippen LogP contribution in [-0.2, 0) is 0 Å². The zero-order chi connectivity index (χ0) is 9.10. The fourth-order valence-corrected chi connectivity index (χ4v) is 3.92. The van der Waals surface area contributed by atoms with Crippen molar-refractivity contribution in [1.29, 1.82) is 0 Å². The molecular formula is C10H20N2S. The summed E-state index contributed by atoms with van der Waals surface area (Å²) in [5.41, 5.74) is 5.66. The van der Waals surface area contributed by atoms with E-state index in [1.54, 1.807) is 0 Å². The minimum absolute atomic E-state index is 0.857. The van der Waals surface area contributed by atoms with E-state index in [0.29, 0.717) is 0 Å². The Morgan fingerprint density at radius 2 is 2.31 bits per heavy atom. The number of fused-ring (bicyclic) bond motifs is 1. The maximum atomic E-state index is 5.66. The van der Waals surface area contributed by atoms with Gasteiger partial charge in [-0.2, -0.15) is 11.8 Å². The van der Waals surface area contributed by atoms with Crippen molar-refractivity contribution in [2.24, 2.45) is 11.7 Å². The van der Waals surface area contributed by atoms with Crippen LogP contribution in [0.3, 0.4) is 0 Å². The molecule has 3 heteroatoms. The number of rotatable bonds is 2. The molecule has 76 valence electrons. The average Bonchev–Trinajstić information content (AvgIpc) is 2.19. The molecule has 2 N–H and O–H groups in total. The number of hydrogen-bond acceptors (Lipinski definition) is 3. The summed E-state index contributed by atoms with van der Waals surface area (Å²) in [7, 11) is 0. The fourth-order valence-electron chi connectivity index (χ4n) is 2.67. The first kappa shape index (κ1) is 9.81. The summed E-state index contributed by atoms with van der Waals surface area (Å²) in [6.45, 7) is 3.53. The lowest BCUT2D eigenvalue weighted by atomic mass is 9.87. The first-order valence-electron chi connectivity index (χ1n) is 5.43. The molecule has 0 aromatic rings. The molecule has 0 aliphatic carbocycles. The van der Waals surface area contributed by atoms with Crippen LogP contribution in [0.4, 0.5) is 0 Å². The molecule has 0 spiro atoms. The molecule has 0 bridgehead atoms. The highest BCUT2D eigenvalue weighted by atomic mass is 32.2. The highest BCUT2D eigenvalue weighted by molar-refractivity contribution is 7.99. The molecule has 0 amide bonds. The molecule has 2 fully saturated rings. The molecule has 2 saturated heterocycles. The molecule has 2 unspecified atom stereocenters. The van der Waals surface area contributed by atoms with E-state index in [-0.39, 0.29) is 0 Å². The summed E-state index contributed by atoms with van der Waals surface area (Å²) in [5, 5.41) is 0. The standard InChI is InChI=1S/C10H20N2S/c11-4-3-9-2-1-5-12-6-7-13-8-10(9)12/h9-10H,1-8,11H2. The van der Waals surface area contributed by atoms with Crippen molar-refractivity contribution in [2.75, 3.05) is 31.1 Å². The van der Waals surface area contributed by atoms with Crippen LogP contribution in [0.25, 0.3) is 0 Å². The topological polar surface area (TPSA) is 29.3 Å². The molecule has 0 radical (unpaired) electrons. The molecule has 13 heavy (non-hydrogen) atoms. The molecule has 2 heterocycles. The van der Waals surface area contributed by atoms with Crippen LogP contribution >= 0.6 is 11.8 Å². The van der Waals surface area contributed by atoms with Crippen molar-refractivity contribution >= 4 is 11.8 Å². The van der Waals surface area contributed by atoms with Gasteiger partial charge in [0.1, 0.15) is 0 Å². The zero-order valence-electron chi connectivity index (χ0n) is 8.24. The van der Waals surface area contributed by atoms with Gasteiger partial charge in [-0.25, -0.2) is 0 Å². The normalized spacial score (nSPS) is 35.8. The molecule has 0 aromatic heterocycles. The van der Waals surface area contributed by atoms with E-state index in [0.717, 1.165) is 18.5 Å². The average molecular weight is 200 g/mol. The fraction of sp³-hybridized carbons (Fsp3) is 1.00. The number of thioether (sulfide) groups is 1. The van der Waals surface area contributed by atoms with Gasteiger partial charge < -0.3 is 5.73 Å². The van der Waals surface area contributed by atoms with Crippen LogP contribution in [0.5, 0.6) is 0 Å². The van der Waals surface area contributed by atoms with Gasteiger partial charge in [-0.1, -0.05) is 0 Å². The lowest BCUT2D eigenvalue weighted by Crippen LogP contribution is -2.50. The van der Waals surface area contributed by atoms with Gasteiger partial charge in [0, 0.05) is 24.1 Å². The van der Waals surface area contributed by atoms with E-state index in [4.69, 9.17) is 5.73 Å². The maximum Gasteiger partial charge on any atom is 0.0215 e. The van der Waals surface area contributed by atoms with Gasteiger partial charge in [-0.3, -0.25) is 4.90 Å². The minimum Gasteiger partial charge on any atom is -0.330 e. The van der Waals surface area contributed by atoms with Gasteiger partial charge in [-0.05, 0) is 38.3 Å². The molecule has 2 aliphatic heterocycles. The second-order valence-electron chi connectivity index (χ2n) is 4.16. The predicted molar refractivity (Wildman–Crippen MR) is 59.1 cm³/mol. The van der Waals surface area contributed by atoms with Crippen LogP contribution in [-0.4, -0.2) is 42.1 Å². The van der Waals surface area contributed by atoms with E-state index < -0.39 is 0 Å². The van der Waals surface area contributed by atoms with E-state index in [9.17, 15) is 0 Å². The Bertz CT molecular complexity index is 159. The quantitative estimate of drug-likeness (QED) is 0.725. The summed E-state index contributed by atoms with van der Waals surface area (Å²) >= 11 is 2.13. The Kier molecular flexibility index (Phi) is 3.52. The Morgan fingerprint density at radius 1 is 1.38 bits per heavy atom. The summed E-state index contributed by atoms with van der Waals surface area (Å²) in [5.74, 6) is 3.59. The smallest absolute Gasteiger partial charge is 0.0215 e. The van der Waals surface area contributed by atoms with Gasteiger partial charge in [0.25, 0.3) is 0 Å². The van der Waals surface area contributed by atoms with Crippen molar-refractivity contribution in [1.82, 2.24) is 4.90 Å². The summed E-state index contributed by atoms with van der Waals surface area (Å²) < 4.78 is 0. The molecule has 2 atom stereocenters. The van der Waals surface area contributed by atoms with Crippen molar-refractivity contribution < 1.29 is 0 Å². The van der Waals surface area contributed by atoms with E-state index in [2.05, 4.69) is 16.7 Å². The van der Waals surface area contributed by atoms with Crippen molar-refractivity contribution in [3.63, 3.8) is 0 Å². The Morgan fingerprint density at radius 3 is 3.15 bits per heavy atom. The molecule has 2 rings (SSSR count). The van der Waals surface area contributed by atoms with Gasteiger partial charge in [0.2, 0.25) is 0 Å². The van der Waals surface area contributed by atoms with E-state index in [1.165, 1.54) is 43.9 Å². The second-order valence-corrected chi connectivity index (χ2v) is 5.31. The first-order valence-corrected chi connectivity index (χ1v) is 6.59. The lowest BCUT2D eigenvalue weighted by molar-refractivity contribution is 0.107. The largest absolute Gasteiger partial charge is 0.330 e. The number of piperidine rings is 1. The van der Waals surface area contributed by atoms with Gasteiger partial charge in [0.15, 0.2) is 0 Å². The van der Waals surface area contributed by atoms with Crippen LogP contribution in [0, 0.1) is 5.92 Å². The maximum absolute atomic E-state index is 5.66. The molecular weight excluding hydrogens is 180 g/mol. The lowest BCUT2D eigenvalue weighted by Gasteiger charge is -2.44.